The van der Waals surface area contributed by atoms with Gasteiger partial charge in [-0.3, -0.25) is 4.79 Å². The molecule has 1 aromatic carbocycles. The van der Waals surface area contributed by atoms with Crippen LogP contribution in [0.15, 0.2) is 59.8 Å². The number of nitrogens with two attached hydrogens (primary N) is 1. The molecule has 1 amide bonds. The summed E-state index contributed by atoms with van der Waals surface area (Å²) >= 11 is 1.62. The number of nitrogens with zero attached hydrogens (tertiary/aromatic N) is 2. The van der Waals surface area contributed by atoms with Crippen molar-refractivity contribution in [2.75, 3.05) is 6.54 Å². The number of pyridine rings is 1. The molecule has 0 saturated carbocycles. The van der Waals surface area contributed by atoms with E-state index in [1.807, 2.05) is 73.1 Å². The van der Waals surface area contributed by atoms with Crippen molar-refractivity contribution in [1.29, 1.82) is 0 Å². The zero-order chi connectivity index (χ0) is 19.3. The van der Waals surface area contributed by atoms with Crippen LogP contribution in [0.2, 0.25) is 0 Å². The minimum Gasteiger partial charge on any atom is -0.350 e. The molecule has 2 aromatic heterocycles. The van der Waals surface area contributed by atoms with Crippen LogP contribution in [0.3, 0.4) is 0 Å². The molecule has 0 bridgehead atoms. The lowest BCUT2D eigenvalue weighted by molar-refractivity contribution is 0.0939. The molecule has 0 fully saturated rings. The Morgan fingerprint density at radius 1 is 1.14 bits per heavy atom. The van der Waals surface area contributed by atoms with Gasteiger partial charge in [0.05, 0.1) is 11.3 Å². The summed E-state index contributed by atoms with van der Waals surface area (Å²) in [7, 11) is 0. The molecule has 0 atom stereocenters. The molecule has 0 spiro atoms. The van der Waals surface area contributed by atoms with Crippen molar-refractivity contribution in [2.24, 2.45) is 5.73 Å². The van der Waals surface area contributed by atoms with E-state index in [0.717, 1.165) is 29.1 Å². The molecule has 0 unspecified atom stereocenters. The first-order chi connectivity index (χ1) is 13.0. The Morgan fingerprint density at radius 3 is 2.52 bits per heavy atom. The van der Waals surface area contributed by atoms with Gasteiger partial charge in [-0.2, -0.15) is 0 Å². The van der Waals surface area contributed by atoms with E-state index in [4.69, 9.17) is 5.73 Å². The van der Waals surface area contributed by atoms with Gasteiger partial charge in [0, 0.05) is 35.1 Å². The molecule has 29 heavy (non-hydrogen) atoms. The largest absolute Gasteiger partial charge is 0.350 e. The third-order valence-electron chi connectivity index (χ3n) is 4.93. The summed E-state index contributed by atoms with van der Waals surface area (Å²) in [6, 6.07) is 13.6. The van der Waals surface area contributed by atoms with Crippen molar-refractivity contribution in [1.82, 2.24) is 14.7 Å². The number of halogens is 2. The Bertz CT molecular complexity index is 895. The third-order valence-corrected chi connectivity index (χ3v) is 6.04. The summed E-state index contributed by atoms with van der Waals surface area (Å²) in [5.41, 5.74) is 8.54. The van der Waals surface area contributed by atoms with Gasteiger partial charge in [-0.1, -0.05) is 32.0 Å². The van der Waals surface area contributed by atoms with Gasteiger partial charge in [0.1, 0.15) is 5.65 Å². The lowest BCUT2D eigenvalue weighted by atomic mass is 9.94. The molecule has 8 heteroatoms. The van der Waals surface area contributed by atoms with Crippen molar-refractivity contribution in [3.63, 3.8) is 0 Å². The highest BCUT2D eigenvalue weighted by Crippen LogP contribution is 2.26. The maximum absolute atomic E-state index is 12.7. The van der Waals surface area contributed by atoms with E-state index in [9.17, 15) is 4.79 Å². The lowest BCUT2D eigenvalue weighted by Crippen LogP contribution is -2.49. The van der Waals surface area contributed by atoms with Crippen LogP contribution >= 0.6 is 36.6 Å². The number of rotatable bonds is 8. The Kier molecular flexibility index (Phi) is 10.00. The molecule has 0 aliphatic heterocycles. The second-order valence-corrected chi connectivity index (χ2v) is 7.75. The van der Waals surface area contributed by atoms with Crippen LogP contribution in [0.4, 0.5) is 0 Å². The van der Waals surface area contributed by atoms with Gasteiger partial charge in [-0.25, -0.2) is 4.98 Å². The van der Waals surface area contributed by atoms with Crippen molar-refractivity contribution in [3.8, 4) is 0 Å². The second-order valence-electron chi connectivity index (χ2n) is 6.74. The summed E-state index contributed by atoms with van der Waals surface area (Å²) in [6.07, 6.45) is 5.66. The Balaban J connectivity index is 0.00000210. The SMILES string of the molecule is CCC(N)(CC)CNC(=O)c1ccccc1SCc1cn2ccccc2n1.Cl.Cl. The number of imidazole rings is 1. The number of nitrogens with one attached hydrogen (secondary N) is 1. The molecule has 3 aromatic rings. The fraction of sp³-hybridized carbons (Fsp3) is 0.333. The lowest BCUT2D eigenvalue weighted by Gasteiger charge is -2.27. The zero-order valence-corrected chi connectivity index (χ0v) is 19.1. The molecule has 2 heterocycles. The fourth-order valence-electron chi connectivity index (χ4n) is 2.84. The quantitative estimate of drug-likeness (QED) is 0.483. The molecule has 158 valence electrons. The number of carbonyl (C=O) groups is 1. The normalized spacial score (nSPS) is 10.9. The number of hydrogen-bond donors (Lipinski definition) is 2. The first kappa shape index (κ1) is 25.3. The van der Waals surface area contributed by atoms with Gasteiger partial charge in [-0.15, -0.1) is 36.6 Å². The minimum absolute atomic E-state index is 0. The van der Waals surface area contributed by atoms with E-state index < -0.39 is 0 Å². The van der Waals surface area contributed by atoms with Gasteiger partial charge in [0.15, 0.2) is 0 Å². The highest BCUT2D eigenvalue weighted by molar-refractivity contribution is 7.98. The molecule has 0 aliphatic carbocycles. The van der Waals surface area contributed by atoms with E-state index in [-0.39, 0.29) is 36.3 Å². The fourth-order valence-corrected chi connectivity index (χ4v) is 3.77. The molecule has 3 rings (SSSR count). The Hall–Kier alpha value is -1.73. The average molecular weight is 455 g/mol. The van der Waals surface area contributed by atoms with Gasteiger partial charge >= 0.3 is 0 Å². The predicted molar refractivity (Wildman–Crippen MR) is 126 cm³/mol. The first-order valence-corrected chi connectivity index (χ1v) is 10.2. The van der Waals surface area contributed by atoms with Crippen LogP contribution in [-0.4, -0.2) is 27.4 Å². The summed E-state index contributed by atoms with van der Waals surface area (Å²) in [4.78, 5) is 18.3. The number of carbonyl (C=O) groups excluding carboxylic acids is 1. The van der Waals surface area contributed by atoms with Crippen LogP contribution in [0.1, 0.15) is 42.7 Å². The van der Waals surface area contributed by atoms with Gasteiger partial charge in [-0.05, 0) is 37.1 Å². The number of hydrogen-bond acceptors (Lipinski definition) is 4. The summed E-state index contributed by atoms with van der Waals surface area (Å²) < 4.78 is 2.00. The standard InChI is InChI=1S/C21H26N4OS.2ClH/c1-3-21(22,4-2)15-23-20(26)17-9-5-6-10-18(17)27-14-16-13-25-12-8-7-11-19(25)24-16;;/h5-13H,3-4,14-15,22H2,1-2H3,(H,23,26);2*1H. The monoisotopic (exact) mass is 454 g/mol. The van der Waals surface area contributed by atoms with E-state index in [1.54, 1.807) is 11.8 Å². The molecule has 0 saturated heterocycles. The number of benzene rings is 1. The number of aromatic nitrogens is 2. The molecule has 5 nitrogen and oxygen atoms in total. The van der Waals surface area contributed by atoms with Crippen LogP contribution in [0.25, 0.3) is 5.65 Å². The van der Waals surface area contributed by atoms with E-state index >= 15 is 0 Å². The minimum atomic E-state index is -0.353. The molecular formula is C21H28Cl2N4OS. The van der Waals surface area contributed by atoms with Crippen molar-refractivity contribution < 1.29 is 4.79 Å². The highest BCUT2D eigenvalue weighted by atomic mass is 35.5. The maximum atomic E-state index is 12.7. The summed E-state index contributed by atoms with van der Waals surface area (Å²) in [5.74, 6) is 0.626. The maximum Gasteiger partial charge on any atom is 0.252 e. The van der Waals surface area contributed by atoms with Crippen LogP contribution in [0.5, 0.6) is 0 Å². The highest BCUT2D eigenvalue weighted by Gasteiger charge is 2.22. The van der Waals surface area contributed by atoms with E-state index in [2.05, 4.69) is 10.3 Å². The van der Waals surface area contributed by atoms with Crippen molar-refractivity contribution >= 4 is 48.1 Å². The topological polar surface area (TPSA) is 72.4 Å². The van der Waals surface area contributed by atoms with E-state index in [1.165, 1.54) is 0 Å². The third kappa shape index (κ3) is 6.37. The van der Waals surface area contributed by atoms with Gasteiger partial charge < -0.3 is 15.5 Å². The van der Waals surface area contributed by atoms with Crippen LogP contribution in [0, 0.1) is 0 Å². The number of fused-ring (bicyclic) bond motifs is 1. The average Bonchev–Trinajstić information content (AvgIpc) is 3.13. The Morgan fingerprint density at radius 2 is 1.83 bits per heavy atom. The van der Waals surface area contributed by atoms with Gasteiger partial charge in [0.25, 0.3) is 5.91 Å². The molecule has 3 N–H and O–H groups in total. The summed E-state index contributed by atoms with van der Waals surface area (Å²) in [6.45, 7) is 4.58. The number of thioether (sulfide) groups is 1. The van der Waals surface area contributed by atoms with Crippen molar-refractivity contribution in [3.05, 3.63) is 66.1 Å². The van der Waals surface area contributed by atoms with Crippen molar-refractivity contribution in [2.45, 2.75) is 42.9 Å². The molecule has 0 radical (unpaired) electrons. The van der Waals surface area contributed by atoms with Crippen LogP contribution < -0.4 is 11.1 Å². The predicted octanol–water partition coefficient (Wildman–Crippen LogP) is 4.72. The Labute approximate surface area is 188 Å². The summed E-state index contributed by atoms with van der Waals surface area (Å²) in [5, 5.41) is 3.00. The van der Waals surface area contributed by atoms with Gasteiger partial charge in [0.2, 0.25) is 0 Å². The van der Waals surface area contributed by atoms with E-state index in [0.29, 0.717) is 17.9 Å². The van der Waals surface area contributed by atoms with Crippen LogP contribution in [-0.2, 0) is 5.75 Å². The second kappa shape index (κ2) is 11.5. The smallest absolute Gasteiger partial charge is 0.252 e. The molecule has 0 aliphatic rings. The zero-order valence-electron chi connectivity index (χ0n) is 16.6. The molecular weight excluding hydrogens is 427 g/mol. The number of amides is 1. The first-order valence-electron chi connectivity index (χ1n) is 9.26.